The molecule has 0 spiro atoms. The average molecular weight is 736 g/mol. The maximum atomic E-state index is 15.0. The summed E-state index contributed by atoms with van der Waals surface area (Å²) in [4.78, 5) is 48.6. The molecule has 4 fully saturated rings. The van der Waals surface area contributed by atoms with Crippen molar-refractivity contribution < 1.29 is 23.5 Å². The number of likely N-dealkylation sites (tertiary alicyclic amines) is 2. The second-order valence-corrected chi connectivity index (χ2v) is 15.8. The summed E-state index contributed by atoms with van der Waals surface area (Å²) in [6, 6.07) is 11.1. The summed E-state index contributed by atoms with van der Waals surface area (Å²) < 4.78 is 26.5. The summed E-state index contributed by atoms with van der Waals surface area (Å²) in [5, 5.41) is 9.74. The van der Waals surface area contributed by atoms with Crippen molar-refractivity contribution in [1.29, 1.82) is 0 Å². The van der Waals surface area contributed by atoms with Crippen molar-refractivity contribution in [1.82, 2.24) is 25.1 Å². The quantitative estimate of drug-likeness (QED) is 0.186. The van der Waals surface area contributed by atoms with Crippen LogP contribution in [0.5, 0.6) is 5.75 Å². The van der Waals surface area contributed by atoms with Crippen LogP contribution in [-0.2, 0) is 20.1 Å². The Labute approximate surface area is 308 Å². The lowest BCUT2D eigenvalue weighted by Gasteiger charge is -2.36. The maximum absolute atomic E-state index is 15.0. The Balaban J connectivity index is 0.793. The van der Waals surface area contributed by atoms with E-state index in [0.29, 0.717) is 59.5 Å². The fourth-order valence-electron chi connectivity index (χ4n) is 7.54. The molecule has 12 nitrogen and oxygen atoms in total. The van der Waals surface area contributed by atoms with Crippen LogP contribution in [0.25, 0.3) is 10.9 Å². The molecule has 5 heterocycles. The number of aromatic nitrogens is 2. The Morgan fingerprint density at radius 2 is 1.56 bits per heavy atom. The predicted molar refractivity (Wildman–Crippen MR) is 201 cm³/mol. The molecule has 1 aromatic heterocycles. The van der Waals surface area contributed by atoms with Crippen molar-refractivity contribution in [3.63, 3.8) is 0 Å². The normalized spacial score (nSPS) is 21.7. The Bertz CT molecular complexity index is 1740. The van der Waals surface area contributed by atoms with E-state index in [1.165, 1.54) is 6.07 Å². The summed E-state index contributed by atoms with van der Waals surface area (Å²) in [5.41, 5.74) is 1.83. The van der Waals surface area contributed by atoms with Crippen molar-refractivity contribution >= 4 is 45.9 Å². The first kappa shape index (κ1) is 36.6. The van der Waals surface area contributed by atoms with Crippen LogP contribution in [-0.4, -0.2) is 108 Å². The number of nitrogens with one attached hydrogen (secondary N) is 4. The van der Waals surface area contributed by atoms with Gasteiger partial charge in [-0.15, -0.1) is 0 Å². The number of halogens is 1. The molecule has 7 rings (SSSR count). The molecule has 0 radical (unpaired) electrons. The van der Waals surface area contributed by atoms with Crippen LogP contribution in [0.15, 0.2) is 41.2 Å². The highest BCUT2D eigenvalue weighted by Crippen LogP contribution is 2.27. The molecule has 280 valence electrons. The summed E-state index contributed by atoms with van der Waals surface area (Å²) in [7, 11) is 0. The highest BCUT2D eigenvalue weighted by atomic mass is 32.2. The van der Waals surface area contributed by atoms with Gasteiger partial charge in [0.05, 0.1) is 17.9 Å². The van der Waals surface area contributed by atoms with Gasteiger partial charge in [0.1, 0.15) is 28.8 Å². The number of amides is 2. The predicted octanol–water partition coefficient (Wildman–Crippen LogP) is 4.36. The van der Waals surface area contributed by atoms with Gasteiger partial charge in [0.25, 0.3) is 5.56 Å². The number of imide groups is 1. The van der Waals surface area contributed by atoms with Crippen LogP contribution < -0.4 is 26.2 Å². The SMILES string of the molecule is O=C1CCC(Nc2ccc(NC3CCN(CCN4CCC(COc5cc(F)c6c(=O)[nH]c(CSC7CCOCC7)nc6c5)CC4)CC3)cc2)C(=O)N1. The number of hydrogen-bond acceptors (Lipinski definition) is 11. The number of nitrogens with zero attached hydrogens (tertiary/aromatic N) is 3. The van der Waals surface area contributed by atoms with Crippen LogP contribution in [0.1, 0.15) is 57.2 Å². The fraction of sp³-hybridized carbons (Fsp3) is 0.579. The Hall–Kier alpha value is -3.72. The van der Waals surface area contributed by atoms with E-state index in [9.17, 15) is 18.8 Å². The van der Waals surface area contributed by atoms with Gasteiger partial charge in [-0.3, -0.25) is 19.7 Å². The van der Waals surface area contributed by atoms with Crippen molar-refractivity contribution in [3.05, 3.63) is 58.4 Å². The molecule has 0 saturated carbocycles. The van der Waals surface area contributed by atoms with Crippen LogP contribution in [0.2, 0.25) is 0 Å². The van der Waals surface area contributed by atoms with Crippen molar-refractivity contribution in [2.75, 3.05) is 69.7 Å². The summed E-state index contributed by atoms with van der Waals surface area (Å²) in [5.74, 6) is 0.878. The zero-order valence-electron chi connectivity index (χ0n) is 29.7. The average Bonchev–Trinajstić information content (AvgIpc) is 3.15. The molecule has 14 heteroatoms. The molecule has 2 aromatic carbocycles. The van der Waals surface area contributed by atoms with Gasteiger partial charge in [0.2, 0.25) is 11.8 Å². The monoisotopic (exact) mass is 735 g/mol. The van der Waals surface area contributed by atoms with E-state index < -0.39 is 11.4 Å². The number of carbonyl (C=O) groups is 2. The second-order valence-electron chi connectivity index (χ2n) is 14.5. The fourth-order valence-corrected chi connectivity index (χ4v) is 8.60. The minimum Gasteiger partial charge on any atom is -0.493 e. The summed E-state index contributed by atoms with van der Waals surface area (Å²) >= 11 is 1.76. The standard InChI is InChI=1S/C38H50FN7O5S/c39-31-21-29(22-33-36(31)38(49)43-34(42-33)24-52-30-11-19-50-20-12-30)51-23-25-7-13-45(14-8-25)17-18-46-15-9-28(10-16-46)40-26-1-3-27(4-2-26)41-32-5-6-35(47)44-37(32)48/h1-4,21-22,25,28,30,32,40-41H,5-20,23-24H2,(H,42,43,49)(H,44,47,48). The molecule has 4 aliphatic rings. The van der Waals surface area contributed by atoms with Gasteiger partial charge in [-0.05, 0) is 88.2 Å². The van der Waals surface area contributed by atoms with Crippen molar-refractivity contribution in [3.8, 4) is 5.75 Å². The number of hydrogen-bond donors (Lipinski definition) is 4. The zero-order valence-corrected chi connectivity index (χ0v) is 30.5. The molecule has 0 aliphatic carbocycles. The van der Waals surface area contributed by atoms with Gasteiger partial charge in [0.15, 0.2) is 0 Å². The van der Waals surface area contributed by atoms with Crippen molar-refractivity contribution in [2.45, 2.75) is 74.5 Å². The molecule has 3 aromatic rings. The first-order chi connectivity index (χ1) is 25.3. The number of benzene rings is 2. The number of thioether (sulfide) groups is 1. The minimum atomic E-state index is -0.602. The number of aromatic amines is 1. The smallest absolute Gasteiger partial charge is 0.261 e. The highest BCUT2D eigenvalue weighted by molar-refractivity contribution is 7.99. The van der Waals surface area contributed by atoms with E-state index in [1.54, 1.807) is 17.8 Å². The molecular weight excluding hydrogens is 686 g/mol. The third kappa shape index (κ3) is 9.82. The van der Waals surface area contributed by atoms with E-state index in [-0.39, 0.29) is 23.2 Å². The molecule has 1 unspecified atom stereocenters. The summed E-state index contributed by atoms with van der Waals surface area (Å²) in [6.07, 6.45) is 7.09. The number of anilines is 2. The van der Waals surface area contributed by atoms with E-state index in [4.69, 9.17) is 9.47 Å². The summed E-state index contributed by atoms with van der Waals surface area (Å²) in [6.45, 7) is 8.35. The van der Waals surface area contributed by atoms with E-state index >= 15 is 0 Å². The Morgan fingerprint density at radius 3 is 2.25 bits per heavy atom. The van der Waals surface area contributed by atoms with Gasteiger partial charge in [0, 0.05) is 80.6 Å². The molecule has 4 saturated heterocycles. The maximum Gasteiger partial charge on any atom is 0.261 e. The van der Waals surface area contributed by atoms with Crippen molar-refractivity contribution in [2.24, 2.45) is 5.92 Å². The number of fused-ring (bicyclic) bond motifs is 1. The first-order valence-electron chi connectivity index (χ1n) is 18.8. The second kappa shape index (κ2) is 17.4. The zero-order chi connectivity index (χ0) is 35.9. The van der Waals surface area contributed by atoms with Gasteiger partial charge in [-0.25, -0.2) is 9.37 Å². The number of carbonyl (C=O) groups excluding carboxylic acids is 2. The van der Waals surface area contributed by atoms with Gasteiger partial charge >= 0.3 is 0 Å². The van der Waals surface area contributed by atoms with Crippen LogP contribution in [0, 0.1) is 11.7 Å². The van der Waals surface area contributed by atoms with Crippen LogP contribution >= 0.6 is 11.8 Å². The van der Waals surface area contributed by atoms with E-state index in [2.05, 4.69) is 35.7 Å². The Kier molecular flexibility index (Phi) is 12.3. The van der Waals surface area contributed by atoms with Crippen LogP contribution in [0.3, 0.4) is 0 Å². The number of piperidine rings is 3. The molecular formula is C38H50FN7O5S. The molecule has 4 aliphatic heterocycles. The molecule has 2 amide bonds. The van der Waals surface area contributed by atoms with Gasteiger partial charge in [-0.1, -0.05) is 0 Å². The largest absolute Gasteiger partial charge is 0.493 e. The minimum absolute atomic E-state index is 0.0196. The van der Waals surface area contributed by atoms with Gasteiger partial charge < -0.3 is 34.9 Å². The highest BCUT2D eigenvalue weighted by Gasteiger charge is 2.27. The van der Waals surface area contributed by atoms with E-state index in [1.807, 2.05) is 24.3 Å². The van der Waals surface area contributed by atoms with Gasteiger partial charge in [-0.2, -0.15) is 11.8 Å². The number of H-pyrrole nitrogens is 1. The lowest BCUT2D eigenvalue weighted by Crippen LogP contribution is -2.47. The lowest BCUT2D eigenvalue weighted by molar-refractivity contribution is -0.133. The number of rotatable bonds is 13. The molecule has 1 atom stereocenters. The molecule has 0 bridgehead atoms. The lowest BCUT2D eigenvalue weighted by atomic mass is 9.97. The van der Waals surface area contributed by atoms with E-state index in [0.717, 1.165) is 102 Å². The topological polar surface area (TPSA) is 141 Å². The molecule has 4 N–H and O–H groups in total. The Morgan fingerprint density at radius 1 is 0.885 bits per heavy atom. The third-order valence-corrected chi connectivity index (χ3v) is 12.1. The van der Waals surface area contributed by atoms with Crippen LogP contribution in [0.4, 0.5) is 15.8 Å². The third-order valence-electron chi connectivity index (χ3n) is 10.8. The number of ether oxygens (including phenoxy) is 2. The molecule has 52 heavy (non-hydrogen) atoms. The first-order valence-corrected chi connectivity index (χ1v) is 19.9.